The molecular weight excluding hydrogens is 1950 g/mol. The molecule has 0 unspecified atom stereocenters. The lowest BCUT2D eigenvalue weighted by Crippen LogP contribution is -2.61. The Morgan fingerprint density at radius 1 is 0.393 bits per heavy atom. The highest BCUT2D eigenvalue weighted by atomic mass is 16.8. The summed E-state index contributed by atoms with van der Waals surface area (Å²) in [4.78, 5) is 62.0. The van der Waals surface area contributed by atoms with Crippen molar-refractivity contribution < 1.29 is 178 Å². The molecular formula is C111H197N3O36+2. The number of hydrogen-bond acceptors (Lipinski definition) is 39. The summed E-state index contributed by atoms with van der Waals surface area (Å²) < 4.78 is 134. The molecule has 1 spiro atoms. The maximum Gasteiger partial charge on any atom is 1.00 e. The Kier molecular flexibility index (Phi) is 42.4. The number of nitrogens with zero attached hydrogens (tertiary/aromatic N) is 3. The number of ether oxygens (including phenoxy) is 21. The predicted octanol–water partition coefficient (Wildman–Crippen LogP) is 8.84. The molecule has 0 radical (unpaired) electrons. The number of hydrogen-bond donors (Lipinski definition) is 11. The van der Waals surface area contributed by atoms with E-state index in [2.05, 4.69) is 6.92 Å². The second-order valence-electron chi connectivity index (χ2n) is 49.3. The molecule has 5 bridgehead atoms. The van der Waals surface area contributed by atoms with E-state index in [1.165, 1.54) is 41.9 Å². The number of fused-ring (bicyclic) bond motifs is 4. The molecule has 10 fully saturated rings. The first-order valence-corrected chi connectivity index (χ1v) is 55.0. The summed E-state index contributed by atoms with van der Waals surface area (Å²) in [5, 5.41) is 126. The first-order chi connectivity index (χ1) is 69.3. The summed E-state index contributed by atoms with van der Waals surface area (Å²) >= 11 is 0. The van der Waals surface area contributed by atoms with Crippen molar-refractivity contribution in [2.45, 2.75) is 537 Å². The van der Waals surface area contributed by atoms with Crippen molar-refractivity contribution in [2.24, 2.45) is 59.2 Å². The van der Waals surface area contributed by atoms with Crippen molar-refractivity contribution in [3.05, 3.63) is 23.0 Å². The van der Waals surface area contributed by atoms with Crippen LogP contribution in [0.4, 0.5) is 0 Å². The molecule has 12 rings (SSSR count). The third-order valence-electron chi connectivity index (χ3n) is 36.0. The summed E-state index contributed by atoms with van der Waals surface area (Å²) in [6.45, 7) is 53.7. The van der Waals surface area contributed by atoms with E-state index in [1.807, 2.05) is 146 Å². The van der Waals surface area contributed by atoms with Crippen LogP contribution in [0.1, 0.15) is 288 Å². The molecule has 12 heterocycles. The Balaban J connectivity index is 0.000000275. The van der Waals surface area contributed by atoms with Crippen molar-refractivity contribution in [1.82, 2.24) is 14.7 Å². The van der Waals surface area contributed by atoms with Gasteiger partial charge in [0.05, 0.1) is 125 Å². The second kappa shape index (κ2) is 49.8. The normalized spacial score (nSPS) is 50.5. The maximum atomic E-state index is 14.2. The number of aliphatic hydroxyl groups excluding tert-OH is 8. The molecule has 39 nitrogen and oxygen atoms in total. The van der Waals surface area contributed by atoms with Crippen LogP contribution in [0, 0.1) is 59.2 Å². The van der Waals surface area contributed by atoms with E-state index < -0.39 is 293 Å². The number of rotatable bonds is 21. The zero-order valence-corrected chi connectivity index (χ0v) is 97.3. The molecule has 11 N–H and O–H groups in total. The molecule has 0 aromatic carbocycles. The van der Waals surface area contributed by atoms with Gasteiger partial charge in [0, 0.05) is 107 Å². The first-order valence-electron chi connectivity index (χ1n) is 55.0. The quantitative estimate of drug-likeness (QED) is 0.0290. The van der Waals surface area contributed by atoms with Crippen LogP contribution in [-0.4, -0.2) is 411 Å². The highest BCUT2D eigenvalue weighted by Crippen LogP contribution is 2.58. The van der Waals surface area contributed by atoms with Crippen LogP contribution in [0.3, 0.4) is 0 Å². The molecule has 12 aliphatic rings. The minimum Gasteiger partial charge on any atom is -0.489 e. The fraction of sp³-hybridized carbons (Fsp3) is 0.928. The molecule has 0 aliphatic carbocycles. The van der Waals surface area contributed by atoms with Crippen molar-refractivity contribution >= 4 is 23.7 Å². The van der Waals surface area contributed by atoms with Gasteiger partial charge in [-0.2, -0.15) is 0 Å². The van der Waals surface area contributed by atoms with E-state index in [1.54, 1.807) is 97.1 Å². The Morgan fingerprint density at radius 3 is 1.05 bits per heavy atom. The number of esters is 3. The number of cyclic esters (lactones) is 3. The van der Waals surface area contributed by atoms with Crippen molar-refractivity contribution in [3.8, 4) is 0 Å². The smallest absolute Gasteiger partial charge is 0.489 e. The predicted molar refractivity (Wildman–Crippen MR) is 552 cm³/mol. The molecule has 870 valence electrons. The minimum atomic E-state index is -1.99. The van der Waals surface area contributed by atoms with Crippen LogP contribution in [0.5, 0.6) is 0 Å². The Labute approximate surface area is 894 Å². The molecule has 12 aliphatic heterocycles. The van der Waals surface area contributed by atoms with Gasteiger partial charge in [-0.3, -0.25) is 19.2 Å². The van der Waals surface area contributed by atoms with Crippen LogP contribution < -0.4 is 0 Å². The molecule has 39 heteroatoms. The van der Waals surface area contributed by atoms with Crippen molar-refractivity contribution in [2.75, 3.05) is 63.6 Å². The number of carbonyl (C=O) groups is 4. The zero-order valence-electron chi connectivity index (χ0n) is 99.3. The Bertz CT molecular complexity index is 4490. The average Bonchev–Trinajstić information content (AvgIpc) is 1.55. The topological polar surface area (TPSA) is 494 Å². The van der Waals surface area contributed by atoms with Crippen LogP contribution >= 0.6 is 0 Å². The third kappa shape index (κ3) is 26.6. The number of methoxy groups -OCH3 is 3. The van der Waals surface area contributed by atoms with Gasteiger partial charge in [0.15, 0.2) is 43.5 Å². The van der Waals surface area contributed by atoms with Gasteiger partial charge in [-0.1, -0.05) is 69.2 Å². The fourth-order valence-electron chi connectivity index (χ4n) is 26.5. The van der Waals surface area contributed by atoms with Gasteiger partial charge >= 0.3 is 20.8 Å². The summed E-state index contributed by atoms with van der Waals surface area (Å²) in [5.41, 5.74) is -9.74. The summed E-state index contributed by atoms with van der Waals surface area (Å²) in [6, 6.07) is -0.749. The highest BCUT2D eigenvalue weighted by Gasteiger charge is 2.67. The summed E-state index contributed by atoms with van der Waals surface area (Å²) in [6.07, 6.45) is -19.5. The SMILES string of the molecule is CC[C@H]1OC(=O)[C@H](C)[C@@H](O[C@H]2C[C@@](C)(OC)[C@@H](O)[C@H](C)O2)[C@H](C)[C@@H](O[C@@H]2O[C@H](C)C[C@H](N(C)C)[C@H]2O)[C@@]2(C)CC(C)=C(O2)[C@H](C)[C@@H](O)[C@]1(C)O.CC[C@H]1OC(=O)[C@H](C)[C@@H](O[C@H]2C[C@@](C)(OC)[C@@H](O)[C@H](C)O2)[C@H](C)[C@@H](O[C@@H]2O[C@H](C)C[C@H](N(C)C)[C@H]2O)[C@](C)(O)C[C@@H](C)C(=O)[C@H](C)[C@@H](O)[C@]1(C)O.CC[C@H]1OC(=O)[C@H](C)[C@@H](O[C@H]2C[C@@](C)(OC)[C@@H](O)[C@H](C)O2)[C@H](C)[C@@H](O[C@@H]2O[C@H](C)C[C@H](N(C)C)[C@H]2O)[C@]2(C)C[C@@H](C)[C@]3(O[C@@]1(C)C=C3C)O2.[H+].[H+]. The lowest BCUT2D eigenvalue weighted by molar-refractivity contribution is -0.337. The van der Waals surface area contributed by atoms with E-state index in [4.69, 9.17) is 99.5 Å². The maximum absolute atomic E-state index is 14.2. The fourth-order valence-corrected chi connectivity index (χ4v) is 26.5. The zero-order chi connectivity index (χ0) is 113. The van der Waals surface area contributed by atoms with Crippen molar-refractivity contribution in [3.63, 3.8) is 0 Å². The van der Waals surface area contributed by atoms with E-state index in [-0.39, 0.29) is 83.7 Å². The van der Waals surface area contributed by atoms with E-state index in [0.717, 1.165) is 11.1 Å². The summed E-state index contributed by atoms with van der Waals surface area (Å²) in [5.74, 6) is -10.2. The number of likely N-dealkylation sites (N-methyl/N-ethyl adjacent to an activating group) is 3. The van der Waals surface area contributed by atoms with Crippen LogP contribution in [0.25, 0.3) is 0 Å². The molecule has 150 heavy (non-hydrogen) atoms. The first kappa shape index (κ1) is 128. The molecule has 52 atom stereocenters. The standard InChI is InChI=1S/C37H67NO13.C37H65NO12.C37H63NO11/c1-14-25-37(10,45)30(41)20(4)27(39)18(2)16-35(8,44)32(51-34-28(40)24(38(11)12)15-19(3)47-34)21(5)29(22(6)33(43)49-25)50-26-17-36(9,46-13)31(42)23(7)48-26;1-14-25-37(10,43)30(40)20(4)28-18(2)16-36(9,50-28)32(49-34-27(39)24(38(11)12)15-19(3)45-34)21(5)29(22(6)33(42)47-25)48-26-17-35(8,44-13)31(41)23(7)46-26;1-14-26-34(8)16-19(2)37(48-34)20(3)17-36(10,49-37)31(47-33-28(39)25(38(11)12)15-21(4)43-33)22(5)29(23(6)32(41)45-26)46-27-18-35(9,42-13)30(40)24(7)44-27/h18-26,28-32,34,40-42,44-45H,14-17H2,1-13H3;19-27,29-32,34,39-41,43H,14-17H2,1-13H3;16,20-31,33,39-40H,14-15,17-18H2,1-13H3/p+2/t18-,19-,20+,21+,22-,23+,24+,25-,26+,28-,29+,30-,31+,32-,34+,35-,36-,37-;19-,20+,21+,22-,23+,24+,25-,26+,27-,29+,30-,31+,32-,34+,35-,36-,37-;20-,21-,22+,23-,24+,25+,26-,27+,28-,29+,30+,31-,33+,34+,35-,36+,37-/m111/s1. The van der Waals surface area contributed by atoms with Crippen LogP contribution in [-0.2, 0) is 119 Å². The lowest BCUT2D eigenvalue weighted by atomic mass is 9.74. The molecule has 0 amide bonds. The van der Waals surface area contributed by atoms with E-state index >= 15 is 0 Å². The van der Waals surface area contributed by atoms with Gasteiger partial charge in [-0.15, -0.1) is 0 Å². The second-order valence-corrected chi connectivity index (χ2v) is 49.3. The van der Waals surface area contributed by atoms with Crippen molar-refractivity contribution in [1.29, 1.82) is 0 Å². The third-order valence-corrected chi connectivity index (χ3v) is 36.0. The van der Waals surface area contributed by atoms with Crippen LogP contribution in [0.2, 0.25) is 0 Å². The van der Waals surface area contributed by atoms with Crippen LogP contribution in [0.15, 0.2) is 23.0 Å². The van der Waals surface area contributed by atoms with Gasteiger partial charge < -0.3 is 170 Å². The number of Topliss-reactive ketones (excluding diaryl/α,β-unsaturated/α-hetero) is 1. The van der Waals surface area contributed by atoms with Gasteiger partial charge in [-0.05, 0) is 249 Å². The Morgan fingerprint density at radius 2 is 0.713 bits per heavy atom. The molecule has 0 aromatic heterocycles. The van der Waals surface area contributed by atoms with Gasteiger partial charge in [0.1, 0.15) is 95.0 Å². The number of aliphatic hydroxyl groups is 11. The summed E-state index contributed by atoms with van der Waals surface area (Å²) in [7, 11) is 16.0. The molecule has 0 aromatic rings. The molecule has 10 saturated heterocycles. The van der Waals surface area contributed by atoms with Gasteiger partial charge in [0.25, 0.3) is 0 Å². The van der Waals surface area contributed by atoms with E-state index in [0.29, 0.717) is 44.3 Å². The molecule has 0 saturated carbocycles. The highest BCUT2D eigenvalue weighted by molar-refractivity contribution is 5.83. The van der Waals surface area contributed by atoms with E-state index in [9.17, 15) is 75.3 Å². The number of carbonyl (C=O) groups excluding carboxylic acids is 4. The minimum absolute atomic E-state index is 0. The Hall–Kier alpha value is -3.88. The lowest BCUT2D eigenvalue weighted by Gasteiger charge is -2.49. The average molecular weight is 2150 g/mol. The van der Waals surface area contributed by atoms with Gasteiger partial charge in [0.2, 0.25) is 0 Å². The monoisotopic (exact) mass is 2150 g/mol. The number of ketones is 1. The van der Waals surface area contributed by atoms with Gasteiger partial charge in [-0.25, -0.2) is 0 Å². The largest absolute Gasteiger partial charge is 1.00 e.